The molecule has 1 aliphatic rings. The molecule has 4 rings (SSSR count). The molecule has 3 aromatic heterocycles. The number of amides is 1. The largest absolute Gasteiger partial charge is 0.451 e. The number of likely N-dealkylation sites (tertiary alicyclic amines) is 1. The van der Waals surface area contributed by atoms with Crippen LogP contribution in [0.5, 0.6) is 0 Å². The molecule has 0 atom stereocenters. The first-order chi connectivity index (χ1) is 16.8. The first-order valence-electron chi connectivity index (χ1n) is 11.4. The minimum absolute atomic E-state index is 0.0229. The lowest BCUT2D eigenvalue weighted by atomic mass is 9.90. The molecule has 0 unspecified atom stereocenters. The zero-order valence-electron chi connectivity index (χ0n) is 20.5. The highest BCUT2D eigenvalue weighted by Crippen LogP contribution is 2.36. The van der Waals surface area contributed by atoms with Crippen LogP contribution in [-0.2, 0) is 10.9 Å². The van der Waals surface area contributed by atoms with Gasteiger partial charge in [0.2, 0.25) is 5.82 Å². The maximum atomic E-state index is 13.0. The quantitative estimate of drug-likeness (QED) is 0.497. The minimum Gasteiger partial charge on any atom is -0.444 e. The fourth-order valence-corrected chi connectivity index (χ4v) is 4.00. The van der Waals surface area contributed by atoms with Gasteiger partial charge in [0, 0.05) is 25.2 Å². The number of piperidine rings is 1. The highest BCUT2D eigenvalue weighted by Gasteiger charge is 2.35. The lowest BCUT2D eigenvalue weighted by molar-refractivity contribution is -0.144. The maximum Gasteiger partial charge on any atom is 0.451 e. The van der Waals surface area contributed by atoms with E-state index in [4.69, 9.17) is 9.15 Å². The zero-order valence-corrected chi connectivity index (χ0v) is 20.5. The van der Waals surface area contributed by atoms with Gasteiger partial charge in [0.1, 0.15) is 17.1 Å². The maximum absolute atomic E-state index is 13.0. The van der Waals surface area contributed by atoms with Gasteiger partial charge in [-0.1, -0.05) is 0 Å². The van der Waals surface area contributed by atoms with Gasteiger partial charge in [-0.25, -0.2) is 24.7 Å². The second kappa shape index (κ2) is 9.43. The highest BCUT2D eigenvalue weighted by atomic mass is 19.4. The monoisotopic (exact) mass is 505 g/mol. The van der Waals surface area contributed by atoms with E-state index in [1.165, 1.54) is 6.07 Å². The number of aryl methyl sites for hydroxylation is 2. The summed E-state index contributed by atoms with van der Waals surface area (Å²) in [6.07, 6.45) is -2.82. The lowest BCUT2D eigenvalue weighted by Crippen LogP contribution is -2.41. The van der Waals surface area contributed by atoms with Crippen LogP contribution in [0.25, 0.3) is 23.0 Å². The van der Waals surface area contributed by atoms with Crippen molar-refractivity contribution < 1.29 is 27.1 Å². The number of carbonyl (C=O) groups is 1. The number of rotatable bonds is 3. The summed E-state index contributed by atoms with van der Waals surface area (Å²) in [5.41, 5.74) is 1.09. The van der Waals surface area contributed by atoms with Crippen molar-refractivity contribution in [3.05, 3.63) is 35.3 Å². The Hall–Kier alpha value is -3.64. The van der Waals surface area contributed by atoms with Crippen molar-refractivity contribution in [2.24, 2.45) is 0 Å². The van der Waals surface area contributed by atoms with Crippen LogP contribution in [0.15, 0.2) is 16.7 Å². The Labute approximate surface area is 205 Å². The molecule has 4 heterocycles. The van der Waals surface area contributed by atoms with Gasteiger partial charge in [-0.05, 0) is 53.5 Å². The average molecular weight is 506 g/mol. The Bertz CT molecular complexity index is 1260. The third kappa shape index (κ3) is 5.60. The second-order valence-electron chi connectivity index (χ2n) is 9.53. The number of aromatic nitrogens is 6. The van der Waals surface area contributed by atoms with E-state index in [1.54, 1.807) is 18.7 Å². The summed E-state index contributed by atoms with van der Waals surface area (Å²) >= 11 is 0. The normalized spacial score (nSPS) is 15.3. The van der Waals surface area contributed by atoms with Gasteiger partial charge in [0.15, 0.2) is 0 Å². The van der Waals surface area contributed by atoms with Gasteiger partial charge in [0.25, 0.3) is 11.8 Å². The summed E-state index contributed by atoms with van der Waals surface area (Å²) in [4.78, 5) is 29.9. The van der Waals surface area contributed by atoms with E-state index in [0.717, 1.165) is 6.20 Å². The van der Waals surface area contributed by atoms with Crippen molar-refractivity contribution in [2.45, 2.75) is 65.2 Å². The standard InChI is InChI=1S/C23H26F3N7O3/c1-12-16(19-32-31-18(35-19)15-6-9-27-20(30-15)23(24,25)26)17(29-13(2)28-12)14-7-10-33(11-8-14)21(34)36-22(3,4)5/h6,9,14H,7-8,10-11H2,1-5H3. The number of hydrogen-bond donors (Lipinski definition) is 0. The molecule has 36 heavy (non-hydrogen) atoms. The predicted molar refractivity (Wildman–Crippen MR) is 121 cm³/mol. The molecule has 0 saturated carbocycles. The van der Waals surface area contributed by atoms with Gasteiger partial charge < -0.3 is 14.1 Å². The van der Waals surface area contributed by atoms with Crippen LogP contribution in [-0.4, -0.2) is 59.8 Å². The van der Waals surface area contributed by atoms with Crippen LogP contribution in [0.3, 0.4) is 0 Å². The number of alkyl halides is 3. The Morgan fingerprint density at radius 3 is 2.36 bits per heavy atom. The second-order valence-corrected chi connectivity index (χ2v) is 9.53. The van der Waals surface area contributed by atoms with Crippen LogP contribution in [0.2, 0.25) is 0 Å². The molecule has 3 aromatic rings. The summed E-state index contributed by atoms with van der Waals surface area (Å²) in [6.45, 7) is 9.98. The van der Waals surface area contributed by atoms with Crippen molar-refractivity contribution in [1.29, 1.82) is 0 Å². The van der Waals surface area contributed by atoms with Gasteiger partial charge in [-0.2, -0.15) is 13.2 Å². The van der Waals surface area contributed by atoms with E-state index in [1.807, 2.05) is 20.8 Å². The average Bonchev–Trinajstić information content (AvgIpc) is 3.27. The van der Waals surface area contributed by atoms with Gasteiger partial charge >= 0.3 is 12.3 Å². The van der Waals surface area contributed by atoms with Crippen LogP contribution in [0.4, 0.5) is 18.0 Å². The van der Waals surface area contributed by atoms with Crippen molar-refractivity contribution in [2.75, 3.05) is 13.1 Å². The van der Waals surface area contributed by atoms with Crippen LogP contribution < -0.4 is 0 Å². The third-order valence-electron chi connectivity index (χ3n) is 5.53. The van der Waals surface area contributed by atoms with Crippen LogP contribution in [0, 0.1) is 13.8 Å². The molecule has 1 amide bonds. The summed E-state index contributed by atoms with van der Waals surface area (Å²) in [6, 6.07) is 1.26. The molecule has 1 saturated heterocycles. The summed E-state index contributed by atoms with van der Waals surface area (Å²) in [5, 5.41) is 7.97. The van der Waals surface area contributed by atoms with Gasteiger partial charge in [0.05, 0.1) is 17.0 Å². The molecular weight excluding hydrogens is 479 g/mol. The first kappa shape index (κ1) is 25.5. The number of nitrogens with zero attached hydrogens (tertiary/aromatic N) is 7. The lowest BCUT2D eigenvalue weighted by Gasteiger charge is -2.33. The van der Waals surface area contributed by atoms with Crippen LogP contribution >= 0.6 is 0 Å². The molecule has 13 heteroatoms. The number of halogens is 3. The van der Waals surface area contributed by atoms with Gasteiger partial charge in [-0.3, -0.25) is 0 Å². The fourth-order valence-electron chi connectivity index (χ4n) is 4.00. The van der Waals surface area contributed by atoms with Crippen molar-refractivity contribution >= 4 is 6.09 Å². The van der Waals surface area contributed by atoms with Gasteiger partial charge in [-0.15, -0.1) is 10.2 Å². The molecule has 10 nitrogen and oxygen atoms in total. The summed E-state index contributed by atoms with van der Waals surface area (Å²) in [5.74, 6) is -0.855. The third-order valence-corrected chi connectivity index (χ3v) is 5.53. The molecule has 0 spiro atoms. The molecule has 0 N–H and O–H groups in total. The molecule has 192 valence electrons. The smallest absolute Gasteiger partial charge is 0.444 e. The molecule has 1 fully saturated rings. The molecule has 0 aliphatic carbocycles. The highest BCUT2D eigenvalue weighted by molar-refractivity contribution is 5.68. The first-order valence-corrected chi connectivity index (χ1v) is 11.4. The molecule has 0 aromatic carbocycles. The summed E-state index contributed by atoms with van der Waals surface area (Å²) in [7, 11) is 0. The van der Waals surface area contributed by atoms with E-state index in [2.05, 4.69) is 30.1 Å². The SMILES string of the molecule is Cc1nc(C)c(-c2nnc(-c3ccnc(C(F)(F)F)n3)o2)c(C2CCN(C(=O)OC(C)(C)C)CC2)n1. The van der Waals surface area contributed by atoms with Crippen molar-refractivity contribution in [1.82, 2.24) is 35.0 Å². The molecule has 1 aliphatic heterocycles. The van der Waals surface area contributed by atoms with E-state index in [-0.39, 0.29) is 29.5 Å². The fraction of sp³-hybridized carbons (Fsp3) is 0.522. The van der Waals surface area contributed by atoms with E-state index < -0.39 is 17.6 Å². The van der Waals surface area contributed by atoms with E-state index in [9.17, 15) is 18.0 Å². The Balaban J connectivity index is 1.61. The van der Waals surface area contributed by atoms with E-state index in [0.29, 0.717) is 48.7 Å². The predicted octanol–water partition coefficient (Wildman–Crippen LogP) is 4.73. The van der Waals surface area contributed by atoms with Crippen molar-refractivity contribution in [3.8, 4) is 23.0 Å². The Morgan fingerprint density at radius 2 is 1.72 bits per heavy atom. The van der Waals surface area contributed by atoms with Crippen molar-refractivity contribution in [3.63, 3.8) is 0 Å². The van der Waals surface area contributed by atoms with Crippen LogP contribution in [0.1, 0.15) is 62.6 Å². The minimum atomic E-state index is -4.71. The van der Waals surface area contributed by atoms with E-state index >= 15 is 0 Å². The topological polar surface area (TPSA) is 120 Å². The number of ether oxygens (including phenoxy) is 1. The number of hydrogen-bond acceptors (Lipinski definition) is 9. The zero-order chi connectivity index (χ0) is 26.3. The Kier molecular flexibility index (Phi) is 6.67. The Morgan fingerprint density at radius 1 is 1.06 bits per heavy atom. The summed E-state index contributed by atoms with van der Waals surface area (Å²) < 4.78 is 50.3. The number of carbonyl (C=O) groups excluding carboxylic acids is 1. The molecular formula is C23H26F3N7O3. The molecule has 0 bridgehead atoms. The molecule has 0 radical (unpaired) electrons.